The minimum Gasteiger partial charge on any atom is -0.393 e. The monoisotopic (exact) mass is 250 g/mol. The van der Waals surface area contributed by atoms with E-state index in [-0.39, 0.29) is 6.61 Å². The molecule has 0 aliphatic carbocycles. The lowest BCUT2D eigenvalue weighted by atomic mass is 10.1. The van der Waals surface area contributed by atoms with Gasteiger partial charge >= 0.3 is 0 Å². The van der Waals surface area contributed by atoms with Gasteiger partial charge in [-0.15, -0.1) is 0 Å². The average Bonchev–Trinajstić information content (AvgIpc) is 2.98. The summed E-state index contributed by atoms with van der Waals surface area (Å²) in [6, 6.07) is 6.33. The number of hydrogen-bond acceptors (Lipinski definition) is 3. The van der Waals surface area contributed by atoms with Gasteiger partial charge in [-0.2, -0.15) is 0 Å². The number of likely N-dealkylation sites (tertiary alicyclic amines) is 1. The second-order valence-corrected chi connectivity index (χ2v) is 5.40. The molecule has 2 N–H and O–H groups in total. The van der Waals surface area contributed by atoms with E-state index in [1.807, 2.05) is 0 Å². The number of aliphatic hydroxyl groups excluding tert-OH is 1. The van der Waals surface area contributed by atoms with Gasteiger partial charge in [0.25, 0.3) is 0 Å². The van der Waals surface area contributed by atoms with Crippen molar-refractivity contribution in [2.24, 2.45) is 0 Å². The summed E-state index contributed by atoms with van der Waals surface area (Å²) in [5.41, 5.74) is 2.44. The molecule has 4 heteroatoms. The maximum Gasteiger partial charge on any atom is 0.147 e. The Kier molecular flexibility index (Phi) is 2.99. The van der Waals surface area contributed by atoms with Gasteiger partial charge < -0.3 is 10.4 Å². The SMILES string of the molecule is OCC1(F)CCN(Cc2cccc3c2NCC3)C1. The molecule has 1 aromatic carbocycles. The minimum atomic E-state index is -1.40. The van der Waals surface area contributed by atoms with Gasteiger partial charge in [-0.05, 0) is 24.0 Å². The lowest BCUT2D eigenvalue weighted by molar-refractivity contribution is 0.0769. The molecule has 2 heterocycles. The van der Waals surface area contributed by atoms with Crippen LogP contribution in [0.1, 0.15) is 17.5 Å². The Morgan fingerprint density at radius 3 is 3.11 bits per heavy atom. The fourth-order valence-corrected chi connectivity index (χ4v) is 2.96. The largest absolute Gasteiger partial charge is 0.393 e. The Bertz CT molecular complexity index is 451. The number of nitrogens with one attached hydrogen (secondary N) is 1. The zero-order chi connectivity index (χ0) is 12.6. The number of anilines is 1. The van der Waals surface area contributed by atoms with Gasteiger partial charge in [0.15, 0.2) is 0 Å². The Balaban J connectivity index is 1.73. The molecule has 1 aromatic rings. The Hall–Kier alpha value is -1.13. The van der Waals surface area contributed by atoms with Crippen LogP contribution in [-0.2, 0) is 13.0 Å². The van der Waals surface area contributed by atoms with Gasteiger partial charge in [-0.1, -0.05) is 18.2 Å². The zero-order valence-corrected chi connectivity index (χ0v) is 10.5. The van der Waals surface area contributed by atoms with Crippen molar-refractivity contribution >= 4 is 5.69 Å². The average molecular weight is 250 g/mol. The summed E-state index contributed by atoms with van der Waals surface area (Å²) in [7, 11) is 0. The van der Waals surface area contributed by atoms with Gasteiger partial charge in [-0.3, -0.25) is 4.90 Å². The van der Waals surface area contributed by atoms with E-state index in [9.17, 15) is 4.39 Å². The molecular formula is C14H19FN2O. The molecule has 0 amide bonds. The zero-order valence-electron chi connectivity index (χ0n) is 10.5. The minimum absolute atomic E-state index is 0.340. The maximum absolute atomic E-state index is 14.0. The highest BCUT2D eigenvalue weighted by Crippen LogP contribution is 2.31. The molecular weight excluding hydrogens is 231 g/mol. The standard InChI is InChI=1S/C14H19FN2O/c15-14(10-18)5-7-17(9-14)8-12-3-1-2-11-4-6-16-13(11)12/h1-3,16,18H,4-10H2. The fraction of sp³-hybridized carbons (Fsp3) is 0.571. The highest BCUT2D eigenvalue weighted by molar-refractivity contribution is 5.61. The van der Waals surface area contributed by atoms with Crippen LogP contribution >= 0.6 is 0 Å². The number of rotatable bonds is 3. The van der Waals surface area contributed by atoms with Crippen molar-refractivity contribution in [3.8, 4) is 0 Å². The first-order chi connectivity index (χ1) is 8.70. The second kappa shape index (κ2) is 4.52. The third kappa shape index (κ3) is 2.10. The van der Waals surface area contributed by atoms with Crippen LogP contribution in [0.2, 0.25) is 0 Å². The van der Waals surface area contributed by atoms with E-state index in [0.29, 0.717) is 13.0 Å². The van der Waals surface area contributed by atoms with Crippen LogP contribution in [0.5, 0.6) is 0 Å². The number of aliphatic hydroxyl groups is 1. The van der Waals surface area contributed by atoms with E-state index in [0.717, 1.165) is 26.1 Å². The predicted octanol–water partition coefficient (Wildman–Crippen LogP) is 1.56. The summed E-state index contributed by atoms with van der Waals surface area (Å²) in [6.45, 7) is 2.46. The van der Waals surface area contributed by atoms with E-state index in [2.05, 4.69) is 28.4 Å². The van der Waals surface area contributed by atoms with E-state index < -0.39 is 5.67 Å². The van der Waals surface area contributed by atoms with Gasteiger partial charge in [0, 0.05) is 31.9 Å². The molecule has 1 fully saturated rings. The third-order valence-corrected chi connectivity index (χ3v) is 3.99. The van der Waals surface area contributed by atoms with E-state index in [1.165, 1.54) is 16.8 Å². The molecule has 0 saturated carbocycles. The quantitative estimate of drug-likeness (QED) is 0.854. The summed E-state index contributed by atoms with van der Waals surface area (Å²) in [4.78, 5) is 2.09. The topological polar surface area (TPSA) is 35.5 Å². The Labute approximate surface area is 107 Å². The first-order valence-electron chi connectivity index (χ1n) is 6.57. The van der Waals surface area contributed by atoms with Gasteiger partial charge in [-0.25, -0.2) is 4.39 Å². The van der Waals surface area contributed by atoms with E-state index in [4.69, 9.17) is 5.11 Å². The van der Waals surface area contributed by atoms with Crippen LogP contribution in [0.15, 0.2) is 18.2 Å². The molecule has 1 saturated heterocycles. The number of fused-ring (bicyclic) bond motifs is 1. The van der Waals surface area contributed by atoms with Crippen molar-refractivity contribution in [2.45, 2.75) is 25.1 Å². The highest BCUT2D eigenvalue weighted by atomic mass is 19.1. The summed E-state index contributed by atoms with van der Waals surface area (Å²) < 4.78 is 14.0. The van der Waals surface area contributed by atoms with Gasteiger partial charge in [0.05, 0.1) is 6.61 Å². The van der Waals surface area contributed by atoms with Crippen LogP contribution in [-0.4, -0.2) is 41.9 Å². The number of nitrogens with zero attached hydrogens (tertiary/aromatic N) is 1. The van der Waals surface area contributed by atoms with E-state index >= 15 is 0 Å². The summed E-state index contributed by atoms with van der Waals surface area (Å²) in [5, 5.41) is 12.5. The Morgan fingerprint density at radius 2 is 2.33 bits per heavy atom. The molecule has 0 spiro atoms. The maximum atomic E-state index is 14.0. The number of halogens is 1. The number of para-hydroxylation sites is 1. The van der Waals surface area contributed by atoms with Crippen molar-refractivity contribution in [3.05, 3.63) is 29.3 Å². The molecule has 1 unspecified atom stereocenters. The smallest absolute Gasteiger partial charge is 0.147 e. The first-order valence-corrected chi connectivity index (χ1v) is 6.57. The van der Waals surface area contributed by atoms with Crippen LogP contribution in [0.3, 0.4) is 0 Å². The molecule has 1 atom stereocenters. The fourth-order valence-electron chi connectivity index (χ4n) is 2.96. The van der Waals surface area contributed by atoms with Crippen LogP contribution in [0, 0.1) is 0 Å². The molecule has 3 nitrogen and oxygen atoms in total. The predicted molar refractivity (Wildman–Crippen MR) is 69.5 cm³/mol. The summed E-state index contributed by atoms with van der Waals surface area (Å²) in [6.07, 6.45) is 1.51. The number of alkyl halides is 1. The lowest BCUT2D eigenvalue weighted by Crippen LogP contribution is -2.32. The van der Waals surface area contributed by atoms with Crippen molar-refractivity contribution < 1.29 is 9.50 Å². The van der Waals surface area contributed by atoms with E-state index in [1.54, 1.807) is 0 Å². The molecule has 0 aromatic heterocycles. The molecule has 98 valence electrons. The third-order valence-electron chi connectivity index (χ3n) is 3.99. The molecule has 3 rings (SSSR count). The highest BCUT2D eigenvalue weighted by Gasteiger charge is 2.37. The number of hydrogen-bond donors (Lipinski definition) is 2. The second-order valence-electron chi connectivity index (χ2n) is 5.40. The normalized spacial score (nSPS) is 27.2. The van der Waals surface area contributed by atoms with Crippen LogP contribution in [0.25, 0.3) is 0 Å². The van der Waals surface area contributed by atoms with Crippen molar-refractivity contribution in [1.82, 2.24) is 4.90 Å². The van der Waals surface area contributed by atoms with Crippen molar-refractivity contribution in [1.29, 1.82) is 0 Å². The summed E-state index contributed by atoms with van der Waals surface area (Å²) >= 11 is 0. The van der Waals surface area contributed by atoms with Crippen LogP contribution in [0.4, 0.5) is 10.1 Å². The first kappa shape index (κ1) is 11.9. The molecule has 0 bridgehead atoms. The van der Waals surface area contributed by atoms with Crippen molar-refractivity contribution in [3.63, 3.8) is 0 Å². The molecule has 0 radical (unpaired) electrons. The summed E-state index contributed by atoms with van der Waals surface area (Å²) in [5.74, 6) is 0. The number of benzene rings is 1. The molecule has 2 aliphatic heterocycles. The van der Waals surface area contributed by atoms with Crippen molar-refractivity contribution in [2.75, 3.05) is 31.6 Å². The molecule has 2 aliphatic rings. The van der Waals surface area contributed by atoms with Crippen LogP contribution < -0.4 is 5.32 Å². The van der Waals surface area contributed by atoms with Gasteiger partial charge in [0.1, 0.15) is 5.67 Å². The lowest BCUT2D eigenvalue weighted by Gasteiger charge is -2.20. The Morgan fingerprint density at radius 1 is 1.44 bits per heavy atom. The van der Waals surface area contributed by atoms with Gasteiger partial charge in [0.2, 0.25) is 0 Å². The molecule has 18 heavy (non-hydrogen) atoms.